The molecular weight excluding hydrogens is 1070 g/mol. The van der Waals surface area contributed by atoms with E-state index in [4.69, 9.17) is 4.74 Å². The van der Waals surface area contributed by atoms with E-state index in [-0.39, 0.29) is 18.5 Å². The Hall–Kier alpha value is -2.18. The van der Waals surface area contributed by atoms with Gasteiger partial charge in [-0.2, -0.15) is 0 Å². The van der Waals surface area contributed by atoms with Gasteiger partial charge < -0.3 is 20.3 Å². The predicted molar refractivity (Wildman–Crippen MR) is 384 cm³/mol. The lowest BCUT2D eigenvalue weighted by atomic mass is 10.0. The van der Waals surface area contributed by atoms with Gasteiger partial charge in [-0.05, 0) is 89.9 Å². The number of aliphatic hydroxyl groups is 2. The van der Waals surface area contributed by atoms with Crippen molar-refractivity contribution in [2.24, 2.45) is 0 Å². The molecule has 87 heavy (non-hydrogen) atoms. The van der Waals surface area contributed by atoms with Gasteiger partial charge in [-0.25, -0.2) is 0 Å². The van der Waals surface area contributed by atoms with Crippen molar-refractivity contribution in [2.75, 3.05) is 13.2 Å². The summed E-state index contributed by atoms with van der Waals surface area (Å²) in [4.78, 5) is 24.7. The molecule has 2 atom stereocenters. The maximum atomic E-state index is 12.5. The number of rotatable bonds is 74. The van der Waals surface area contributed by atoms with Crippen molar-refractivity contribution in [1.82, 2.24) is 5.32 Å². The van der Waals surface area contributed by atoms with E-state index in [1.54, 1.807) is 6.08 Å². The largest absolute Gasteiger partial charge is 0.466 e. The van der Waals surface area contributed by atoms with Crippen LogP contribution in [0.5, 0.6) is 0 Å². The smallest absolute Gasteiger partial charge is 0.305 e. The minimum Gasteiger partial charge on any atom is -0.466 e. The summed E-state index contributed by atoms with van der Waals surface area (Å²) in [5.74, 6) is -0.0524. The zero-order valence-corrected chi connectivity index (χ0v) is 58.8. The van der Waals surface area contributed by atoms with Crippen LogP contribution in [-0.2, 0) is 14.3 Å². The Bertz CT molecular complexity index is 1450. The molecule has 0 aromatic rings. The summed E-state index contributed by atoms with van der Waals surface area (Å²) in [5, 5.41) is 23.3. The maximum absolute atomic E-state index is 12.5. The van der Waals surface area contributed by atoms with Crippen molar-refractivity contribution in [3.8, 4) is 0 Å². The minimum atomic E-state index is -0.845. The zero-order valence-electron chi connectivity index (χ0n) is 58.8. The first kappa shape index (κ1) is 84.8. The molecule has 0 aromatic carbocycles. The van der Waals surface area contributed by atoms with Crippen LogP contribution in [-0.4, -0.2) is 47.4 Å². The van der Waals surface area contributed by atoms with Gasteiger partial charge >= 0.3 is 5.97 Å². The average Bonchev–Trinajstić information content (AvgIpc) is 3.52. The molecule has 0 rings (SSSR count). The number of allylic oxidation sites excluding steroid dienone is 7. The Labute approximate surface area is 544 Å². The van der Waals surface area contributed by atoms with Crippen LogP contribution in [0.25, 0.3) is 0 Å². The van der Waals surface area contributed by atoms with Crippen LogP contribution < -0.4 is 5.32 Å². The molecule has 0 saturated carbocycles. The van der Waals surface area contributed by atoms with Crippen LogP contribution >= 0.6 is 0 Å². The highest BCUT2D eigenvalue weighted by molar-refractivity contribution is 5.76. The third kappa shape index (κ3) is 72.8. The van der Waals surface area contributed by atoms with Crippen molar-refractivity contribution < 1.29 is 24.5 Å². The number of hydrogen-bond acceptors (Lipinski definition) is 5. The third-order valence-electron chi connectivity index (χ3n) is 18.3. The molecule has 0 spiro atoms. The Balaban J connectivity index is 3.39. The molecule has 3 N–H and O–H groups in total. The Morgan fingerprint density at radius 3 is 0.897 bits per heavy atom. The molecule has 1 amide bonds. The van der Waals surface area contributed by atoms with Gasteiger partial charge in [0.15, 0.2) is 0 Å². The van der Waals surface area contributed by atoms with Crippen molar-refractivity contribution in [3.05, 3.63) is 48.6 Å². The molecule has 0 heterocycles. The van der Waals surface area contributed by atoms with E-state index in [9.17, 15) is 19.8 Å². The van der Waals surface area contributed by atoms with Crippen LogP contribution in [0, 0.1) is 0 Å². The van der Waals surface area contributed by atoms with E-state index in [1.165, 1.54) is 353 Å². The summed E-state index contributed by atoms with van der Waals surface area (Å²) in [6, 6.07) is -0.629. The molecule has 0 aliphatic rings. The second-order valence-electron chi connectivity index (χ2n) is 27.0. The molecular formula is C81H153NO5. The van der Waals surface area contributed by atoms with Gasteiger partial charge in [0.05, 0.1) is 25.4 Å². The summed E-state index contributed by atoms with van der Waals surface area (Å²) in [7, 11) is 0. The quantitative estimate of drug-likeness (QED) is 0.0320. The minimum absolute atomic E-state index is 0.00997. The lowest BCUT2D eigenvalue weighted by Crippen LogP contribution is -2.45. The number of aliphatic hydroxyl groups excluding tert-OH is 2. The number of esters is 1. The Morgan fingerprint density at radius 2 is 0.575 bits per heavy atom. The van der Waals surface area contributed by atoms with Crippen molar-refractivity contribution in [3.63, 3.8) is 0 Å². The van der Waals surface area contributed by atoms with Crippen LogP contribution in [0.15, 0.2) is 48.6 Å². The fourth-order valence-corrected chi connectivity index (χ4v) is 12.3. The summed E-state index contributed by atoms with van der Waals surface area (Å²) < 4.78 is 5.51. The van der Waals surface area contributed by atoms with E-state index in [1.807, 2.05) is 6.08 Å². The van der Waals surface area contributed by atoms with Crippen molar-refractivity contribution >= 4 is 11.9 Å². The maximum Gasteiger partial charge on any atom is 0.305 e. The predicted octanol–water partition coefficient (Wildman–Crippen LogP) is 26.0. The molecule has 0 saturated heterocycles. The number of amides is 1. The highest BCUT2D eigenvalue weighted by Gasteiger charge is 2.18. The SMILES string of the molecule is CCCCCC/C=C\C/C=C\CCCCCCCCCC(=O)OCCCCCCCCCCCCCC/C=C\CCCCCCCCCCCCCCCCC(=O)NC(CO)C(O)/C=C/CCCCCCCCCCCCCCCCCCCCCC. The number of carbonyl (C=O) groups is 2. The first-order valence-corrected chi connectivity index (χ1v) is 39.4. The van der Waals surface area contributed by atoms with Gasteiger partial charge in [0, 0.05) is 12.8 Å². The number of ether oxygens (including phenoxy) is 1. The lowest BCUT2D eigenvalue weighted by molar-refractivity contribution is -0.143. The van der Waals surface area contributed by atoms with Crippen molar-refractivity contribution in [2.45, 2.75) is 443 Å². The monoisotopic (exact) mass is 1220 g/mol. The molecule has 512 valence electrons. The first-order valence-electron chi connectivity index (χ1n) is 39.4. The lowest BCUT2D eigenvalue weighted by Gasteiger charge is -2.20. The highest BCUT2D eigenvalue weighted by Crippen LogP contribution is 2.19. The standard InChI is InChI=1S/C81H153NO5/c1-3-5-7-9-11-13-15-17-19-21-23-24-35-38-41-45-49-53-57-61-65-69-73-79(84)78(77-83)82-80(85)74-70-66-62-58-54-50-46-42-39-36-33-31-29-27-25-26-28-30-32-34-37-40-44-48-52-56-60-64-68-72-76-87-81(86)75-71-67-63-59-55-51-47-43-22-20-18-16-14-12-10-8-6-4-2/h14,16,20,22,26,28,69,73,78-79,83-84H,3-13,15,17-19,21,23-25,27,29-68,70-72,74-77H2,1-2H3,(H,82,85)/b16-14-,22-20-,28-26-,73-69+. The molecule has 0 fully saturated rings. The van der Waals surface area contributed by atoms with Crippen LogP contribution in [0.1, 0.15) is 431 Å². The second kappa shape index (κ2) is 76.3. The normalized spacial score (nSPS) is 12.7. The molecule has 0 aliphatic heterocycles. The van der Waals surface area contributed by atoms with Gasteiger partial charge in [-0.15, -0.1) is 0 Å². The van der Waals surface area contributed by atoms with Crippen LogP contribution in [0.3, 0.4) is 0 Å². The summed E-state index contributed by atoms with van der Waals surface area (Å²) in [5.41, 5.74) is 0. The van der Waals surface area contributed by atoms with E-state index >= 15 is 0 Å². The zero-order chi connectivity index (χ0) is 62.8. The van der Waals surface area contributed by atoms with Gasteiger partial charge in [-0.1, -0.05) is 377 Å². The number of nitrogens with one attached hydrogen (secondary N) is 1. The topological polar surface area (TPSA) is 95.9 Å². The third-order valence-corrected chi connectivity index (χ3v) is 18.3. The first-order chi connectivity index (χ1) is 43.0. The van der Waals surface area contributed by atoms with Gasteiger partial charge in [0.1, 0.15) is 0 Å². The van der Waals surface area contributed by atoms with E-state index in [2.05, 4.69) is 55.6 Å². The molecule has 6 heteroatoms. The molecule has 0 aliphatic carbocycles. The van der Waals surface area contributed by atoms with Crippen LogP contribution in [0.4, 0.5) is 0 Å². The highest BCUT2D eigenvalue weighted by atomic mass is 16.5. The number of carbonyl (C=O) groups excluding carboxylic acids is 2. The summed E-state index contributed by atoms with van der Waals surface area (Å²) in [6.45, 7) is 4.93. The number of hydrogen-bond donors (Lipinski definition) is 3. The fraction of sp³-hybridized carbons (Fsp3) is 0.877. The van der Waals surface area contributed by atoms with Gasteiger partial charge in [-0.3, -0.25) is 9.59 Å². The van der Waals surface area contributed by atoms with Crippen LogP contribution in [0.2, 0.25) is 0 Å². The summed E-state index contributed by atoms with van der Waals surface area (Å²) >= 11 is 0. The molecule has 2 unspecified atom stereocenters. The van der Waals surface area contributed by atoms with Gasteiger partial charge in [0.2, 0.25) is 5.91 Å². The molecule has 0 radical (unpaired) electrons. The average molecular weight is 1220 g/mol. The fourth-order valence-electron chi connectivity index (χ4n) is 12.3. The molecule has 6 nitrogen and oxygen atoms in total. The van der Waals surface area contributed by atoms with E-state index < -0.39 is 12.1 Å². The second-order valence-corrected chi connectivity index (χ2v) is 27.0. The number of unbranched alkanes of at least 4 members (excludes halogenated alkanes) is 57. The van der Waals surface area contributed by atoms with Crippen molar-refractivity contribution in [1.29, 1.82) is 0 Å². The van der Waals surface area contributed by atoms with E-state index in [0.29, 0.717) is 19.4 Å². The Morgan fingerprint density at radius 1 is 0.322 bits per heavy atom. The van der Waals surface area contributed by atoms with E-state index in [0.717, 1.165) is 51.4 Å². The molecule has 0 aromatic heterocycles. The molecule has 0 bridgehead atoms. The van der Waals surface area contributed by atoms with Gasteiger partial charge in [0.25, 0.3) is 0 Å². The Kier molecular flexibility index (Phi) is 74.4. The summed E-state index contributed by atoms with van der Waals surface area (Å²) in [6.07, 6.45) is 101.